The first kappa shape index (κ1) is 19.9. The topological polar surface area (TPSA) is 95.9 Å². The van der Waals surface area contributed by atoms with Crippen LogP contribution in [0.15, 0.2) is 35.9 Å². The highest BCUT2D eigenvalue weighted by atomic mass is 127. The zero-order chi connectivity index (χ0) is 20.6. The maximum Gasteiger partial charge on any atom is 0.335 e. The number of hydrogen-bond donors (Lipinski definition) is 2. The van der Waals surface area contributed by atoms with Gasteiger partial charge in [0, 0.05) is 0 Å². The number of amides is 4. The van der Waals surface area contributed by atoms with Crippen LogP contribution in [-0.4, -0.2) is 30.1 Å². The van der Waals surface area contributed by atoms with Gasteiger partial charge in [-0.3, -0.25) is 14.9 Å². The fraction of sp³-hybridized carbons (Fsp3) is 0.150. The number of ether oxygens (including phenoxy) is 1. The van der Waals surface area contributed by atoms with Crippen LogP contribution in [0.3, 0.4) is 0 Å². The van der Waals surface area contributed by atoms with E-state index in [2.05, 4.69) is 5.32 Å². The first-order valence-electron chi connectivity index (χ1n) is 8.28. The molecule has 1 aliphatic heterocycles. The lowest BCUT2D eigenvalue weighted by Gasteiger charge is -2.27. The van der Waals surface area contributed by atoms with Crippen molar-refractivity contribution < 1.29 is 24.2 Å². The number of carbonyl (C=O) groups excluding carboxylic acids is 3. The number of phenolic OH excluding ortho intramolecular Hbond substituents is 1. The third-order valence-electron chi connectivity index (χ3n) is 4.28. The fourth-order valence-corrected chi connectivity index (χ4v) is 3.56. The van der Waals surface area contributed by atoms with Crippen molar-refractivity contribution in [2.45, 2.75) is 13.8 Å². The van der Waals surface area contributed by atoms with Crippen molar-refractivity contribution in [3.05, 3.63) is 56.2 Å². The number of rotatable bonds is 3. The van der Waals surface area contributed by atoms with Gasteiger partial charge in [-0.15, -0.1) is 0 Å². The van der Waals surface area contributed by atoms with E-state index in [4.69, 9.17) is 4.74 Å². The number of phenols is 1. The second-order valence-electron chi connectivity index (χ2n) is 6.30. The molecule has 0 bridgehead atoms. The molecule has 2 aromatic carbocycles. The number of anilines is 1. The Morgan fingerprint density at radius 2 is 1.86 bits per heavy atom. The second-order valence-corrected chi connectivity index (χ2v) is 7.46. The van der Waals surface area contributed by atoms with Crippen LogP contribution in [0.5, 0.6) is 11.5 Å². The van der Waals surface area contributed by atoms with Crippen molar-refractivity contribution in [2.24, 2.45) is 0 Å². The lowest BCUT2D eigenvalue weighted by molar-refractivity contribution is -0.122. The van der Waals surface area contributed by atoms with Gasteiger partial charge in [-0.25, -0.2) is 9.69 Å². The van der Waals surface area contributed by atoms with Gasteiger partial charge in [0.05, 0.1) is 16.4 Å². The molecular weight excluding hydrogens is 475 g/mol. The normalized spacial score (nSPS) is 15.8. The molecule has 144 valence electrons. The van der Waals surface area contributed by atoms with E-state index >= 15 is 0 Å². The summed E-state index contributed by atoms with van der Waals surface area (Å²) in [5.74, 6) is -1.32. The number of carbonyl (C=O) groups is 3. The summed E-state index contributed by atoms with van der Waals surface area (Å²) in [5.41, 5.74) is 2.42. The molecule has 8 heteroatoms. The molecule has 1 aliphatic rings. The van der Waals surface area contributed by atoms with Gasteiger partial charge in [0.25, 0.3) is 11.8 Å². The summed E-state index contributed by atoms with van der Waals surface area (Å²) in [6, 6.07) is 7.62. The first-order valence-corrected chi connectivity index (χ1v) is 9.36. The van der Waals surface area contributed by atoms with E-state index in [1.54, 1.807) is 25.1 Å². The van der Waals surface area contributed by atoms with Crippen molar-refractivity contribution in [3.63, 3.8) is 0 Å². The summed E-state index contributed by atoms with van der Waals surface area (Å²) < 4.78 is 5.60. The Morgan fingerprint density at radius 3 is 2.50 bits per heavy atom. The Hall–Kier alpha value is -2.88. The number of methoxy groups -OCH3 is 1. The molecule has 28 heavy (non-hydrogen) atoms. The third-order valence-corrected chi connectivity index (χ3v) is 5.10. The Kier molecular flexibility index (Phi) is 5.41. The minimum absolute atomic E-state index is 0.0308. The van der Waals surface area contributed by atoms with Gasteiger partial charge in [-0.1, -0.05) is 17.7 Å². The zero-order valence-electron chi connectivity index (χ0n) is 15.4. The monoisotopic (exact) mass is 492 g/mol. The summed E-state index contributed by atoms with van der Waals surface area (Å²) in [6.07, 6.45) is 1.37. The van der Waals surface area contributed by atoms with Crippen LogP contribution in [-0.2, 0) is 9.59 Å². The van der Waals surface area contributed by atoms with Gasteiger partial charge < -0.3 is 9.84 Å². The van der Waals surface area contributed by atoms with Crippen LogP contribution in [0.25, 0.3) is 6.08 Å². The molecule has 1 fully saturated rings. The van der Waals surface area contributed by atoms with E-state index in [1.807, 2.05) is 35.6 Å². The lowest BCUT2D eigenvalue weighted by atomic mass is 10.0. The summed E-state index contributed by atoms with van der Waals surface area (Å²) in [6.45, 7) is 3.69. The Balaban J connectivity index is 2.08. The molecule has 0 aromatic heterocycles. The van der Waals surface area contributed by atoms with Crippen LogP contribution >= 0.6 is 22.6 Å². The highest BCUT2D eigenvalue weighted by Crippen LogP contribution is 2.33. The predicted molar refractivity (Wildman–Crippen MR) is 112 cm³/mol. The Morgan fingerprint density at radius 1 is 1.14 bits per heavy atom. The van der Waals surface area contributed by atoms with Crippen molar-refractivity contribution >= 4 is 52.2 Å². The Labute approximate surface area is 175 Å². The zero-order valence-corrected chi connectivity index (χ0v) is 17.5. The lowest BCUT2D eigenvalue weighted by Crippen LogP contribution is -2.54. The van der Waals surface area contributed by atoms with E-state index in [-0.39, 0.29) is 17.1 Å². The molecule has 0 spiro atoms. The number of urea groups is 1. The average molecular weight is 492 g/mol. The minimum atomic E-state index is -0.794. The number of benzene rings is 2. The van der Waals surface area contributed by atoms with Gasteiger partial charge in [-0.05, 0) is 71.8 Å². The van der Waals surface area contributed by atoms with Gasteiger partial charge in [0.2, 0.25) is 0 Å². The predicted octanol–water partition coefficient (Wildman–Crippen LogP) is 3.29. The molecule has 0 atom stereocenters. The highest BCUT2D eigenvalue weighted by Gasteiger charge is 2.37. The summed E-state index contributed by atoms with van der Waals surface area (Å²) >= 11 is 1.92. The highest BCUT2D eigenvalue weighted by molar-refractivity contribution is 14.1. The number of hydrogen-bond acceptors (Lipinski definition) is 5. The van der Waals surface area contributed by atoms with E-state index < -0.39 is 17.8 Å². The molecule has 7 nitrogen and oxygen atoms in total. The van der Waals surface area contributed by atoms with Crippen molar-refractivity contribution in [1.29, 1.82) is 0 Å². The van der Waals surface area contributed by atoms with Crippen LogP contribution in [0.4, 0.5) is 10.5 Å². The number of nitrogens with zero attached hydrogens (tertiary/aromatic N) is 1. The molecule has 1 heterocycles. The molecule has 2 N–H and O–H groups in total. The van der Waals surface area contributed by atoms with E-state index in [1.165, 1.54) is 19.3 Å². The molecule has 3 rings (SSSR count). The number of imide groups is 2. The largest absolute Gasteiger partial charge is 0.504 e. The van der Waals surface area contributed by atoms with E-state index in [0.717, 1.165) is 16.0 Å². The number of nitrogens with one attached hydrogen (secondary N) is 1. The number of barbiturate groups is 1. The number of aromatic hydroxyl groups is 1. The maximum absolute atomic E-state index is 13.0. The standard InChI is InChI=1S/C20H17IN2O5/c1-10-4-5-15(11(2)6-10)23-19(26)13(18(25)22-20(23)27)7-12-8-14(21)17(24)16(9-12)28-3/h4-9,24H,1-3H3,(H,22,25,27)/b13-7+. The van der Waals surface area contributed by atoms with Crippen molar-refractivity contribution in [1.82, 2.24) is 5.32 Å². The molecule has 0 unspecified atom stereocenters. The van der Waals surface area contributed by atoms with Crippen LogP contribution in [0, 0.1) is 17.4 Å². The van der Waals surface area contributed by atoms with Gasteiger partial charge in [-0.2, -0.15) is 0 Å². The molecule has 4 amide bonds. The van der Waals surface area contributed by atoms with Gasteiger partial charge in [0.1, 0.15) is 5.57 Å². The average Bonchev–Trinajstić information content (AvgIpc) is 2.63. The van der Waals surface area contributed by atoms with Crippen molar-refractivity contribution in [3.8, 4) is 11.5 Å². The number of aryl methyl sites for hydroxylation is 2. The SMILES string of the molecule is COc1cc(/C=C2\C(=O)NC(=O)N(c3ccc(C)cc3C)C2=O)cc(I)c1O. The molecule has 0 saturated carbocycles. The second kappa shape index (κ2) is 7.63. The summed E-state index contributed by atoms with van der Waals surface area (Å²) in [7, 11) is 1.40. The summed E-state index contributed by atoms with van der Waals surface area (Å²) in [4.78, 5) is 38.6. The number of halogens is 1. The molecule has 1 saturated heterocycles. The minimum Gasteiger partial charge on any atom is -0.504 e. The van der Waals surface area contributed by atoms with E-state index in [9.17, 15) is 19.5 Å². The van der Waals surface area contributed by atoms with Gasteiger partial charge in [0.15, 0.2) is 11.5 Å². The van der Waals surface area contributed by atoms with Crippen LogP contribution in [0.2, 0.25) is 0 Å². The Bertz CT molecular complexity index is 1050. The van der Waals surface area contributed by atoms with E-state index in [0.29, 0.717) is 14.8 Å². The maximum atomic E-state index is 13.0. The smallest absolute Gasteiger partial charge is 0.335 e. The quantitative estimate of drug-likeness (QED) is 0.390. The molecule has 0 aliphatic carbocycles. The van der Waals surface area contributed by atoms with Crippen LogP contribution < -0.4 is 15.0 Å². The fourth-order valence-electron chi connectivity index (χ4n) is 2.93. The summed E-state index contributed by atoms with van der Waals surface area (Å²) in [5, 5.41) is 12.2. The van der Waals surface area contributed by atoms with Crippen molar-refractivity contribution in [2.75, 3.05) is 12.0 Å². The molecule has 2 aromatic rings. The molecule has 0 radical (unpaired) electrons. The third kappa shape index (κ3) is 3.59. The van der Waals surface area contributed by atoms with Crippen LogP contribution in [0.1, 0.15) is 16.7 Å². The first-order chi connectivity index (χ1) is 13.2. The van der Waals surface area contributed by atoms with Gasteiger partial charge >= 0.3 is 6.03 Å². The molecular formula is C20H17IN2O5.